The molecule has 1 aromatic heterocycles. The number of phenolic OH excluding ortho intramolecular Hbond substituents is 3. The molecule has 0 aliphatic rings. The number of phenols is 3. The van der Waals surface area contributed by atoms with Gasteiger partial charge in [-0.15, -0.1) is 0 Å². The first-order valence-corrected chi connectivity index (χ1v) is 12.2. The monoisotopic (exact) mass is 507 g/mol. The van der Waals surface area contributed by atoms with Crippen LogP contribution in [0, 0.1) is 5.82 Å². The predicted octanol–water partition coefficient (Wildman–Crippen LogP) is 5.05. The van der Waals surface area contributed by atoms with E-state index in [1.54, 1.807) is 30.5 Å². The van der Waals surface area contributed by atoms with Crippen LogP contribution >= 0.6 is 0 Å². The van der Waals surface area contributed by atoms with Crippen molar-refractivity contribution >= 4 is 16.9 Å². The number of ether oxygens (including phenoxy) is 1. The van der Waals surface area contributed by atoms with Crippen molar-refractivity contribution in [1.82, 2.24) is 4.57 Å². The number of aliphatic hydroxyl groups excluding tert-OH is 1. The smallest absolute Gasteiger partial charge is 0.338 e. The number of fused-ring (bicyclic) bond motifs is 1. The number of aromatic hydroxyl groups is 3. The van der Waals surface area contributed by atoms with Crippen molar-refractivity contribution < 1.29 is 34.3 Å². The van der Waals surface area contributed by atoms with E-state index in [0.29, 0.717) is 16.5 Å². The summed E-state index contributed by atoms with van der Waals surface area (Å²) in [5, 5.41) is 42.5. The van der Waals surface area contributed by atoms with Crippen molar-refractivity contribution in [3.8, 4) is 17.2 Å². The highest BCUT2D eigenvalue weighted by molar-refractivity contribution is 5.89. The number of esters is 1. The highest BCUT2D eigenvalue weighted by Gasteiger charge is 2.18. The van der Waals surface area contributed by atoms with Gasteiger partial charge in [-0.2, -0.15) is 0 Å². The number of aliphatic hydroxyl groups is 1. The van der Waals surface area contributed by atoms with E-state index in [-0.39, 0.29) is 42.4 Å². The molecule has 0 spiro atoms. The number of aromatic nitrogens is 1. The molecule has 0 saturated heterocycles. The van der Waals surface area contributed by atoms with Gasteiger partial charge in [-0.05, 0) is 72.5 Å². The van der Waals surface area contributed by atoms with Crippen LogP contribution in [0.3, 0.4) is 0 Å². The van der Waals surface area contributed by atoms with Crippen LogP contribution in [0.2, 0.25) is 0 Å². The first-order chi connectivity index (χ1) is 17.7. The molecule has 1 heterocycles. The number of halogens is 1. The van der Waals surface area contributed by atoms with Crippen LogP contribution in [0.1, 0.15) is 46.8 Å². The minimum absolute atomic E-state index is 0.00224. The van der Waals surface area contributed by atoms with E-state index in [9.17, 15) is 29.6 Å². The lowest BCUT2D eigenvalue weighted by Crippen LogP contribution is -2.21. The standard InChI is InChI=1S/C29H30FNO6/c1-2-3-5-18-10-27(34)25(28(35)11-18)16-31-15-20(24-14-22(32)8-9-26(24)31)13-23(33)17-37-29(36)19-6-4-7-21(30)12-19/h4,6-12,14-15,23,32-35H,2-3,5,13,16-17H2,1H3. The summed E-state index contributed by atoms with van der Waals surface area (Å²) >= 11 is 0. The molecule has 0 radical (unpaired) electrons. The Balaban J connectivity index is 1.53. The van der Waals surface area contributed by atoms with Crippen LogP contribution in [0.25, 0.3) is 10.9 Å². The molecule has 0 bridgehead atoms. The molecule has 3 aromatic carbocycles. The third-order valence-corrected chi connectivity index (χ3v) is 6.28. The van der Waals surface area contributed by atoms with Gasteiger partial charge in [-0.25, -0.2) is 9.18 Å². The lowest BCUT2D eigenvalue weighted by molar-refractivity contribution is 0.0259. The lowest BCUT2D eigenvalue weighted by atomic mass is 10.0. The molecule has 1 unspecified atom stereocenters. The van der Waals surface area contributed by atoms with Crippen LogP contribution in [0.5, 0.6) is 17.2 Å². The number of hydrogen-bond donors (Lipinski definition) is 4. The fraction of sp³-hybridized carbons (Fsp3) is 0.276. The van der Waals surface area contributed by atoms with Crippen molar-refractivity contribution in [1.29, 1.82) is 0 Å². The molecule has 0 amide bonds. The molecule has 4 N–H and O–H groups in total. The zero-order chi connectivity index (χ0) is 26.5. The second kappa shape index (κ2) is 11.3. The van der Waals surface area contributed by atoms with Gasteiger partial charge in [-0.3, -0.25) is 0 Å². The minimum atomic E-state index is -1.06. The van der Waals surface area contributed by atoms with E-state index < -0.39 is 17.9 Å². The molecule has 7 nitrogen and oxygen atoms in total. The topological polar surface area (TPSA) is 112 Å². The summed E-state index contributed by atoms with van der Waals surface area (Å²) in [5.41, 5.74) is 2.68. The quantitative estimate of drug-likeness (QED) is 0.224. The Kier molecular flexibility index (Phi) is 7.98. The van der Waals surface area contributed by atoms with Crippen LogP contribution < -0.4 is 0 Å². The number of rotatable bonds is 10. The van der Waals surface area contributed by atoms with Crippen molar-refractivity contribution in [3.63, 3.8) is 0 Å². The summed E-state index contributed by atoms with van der Waals surface area (Å²) in [6.45, 7) is 1.94. The largest absolute Gasteiger partial charge is 0.508 e. The van der Waals surface area contributed by atoms with Crippen molar-refractivity contribution in [3.05, 3.63) is 88.9 Å². The Morgan fingerprint density at radius 1 is 1.05 bits per heavy atom. The molecular weight excluding hydrogens is 477 g/mol. The van der Waals surface area contributed by atoms with Crippen LogP contribution in [0.15, 0.2) is 60.8 Å². The molecule has 4 rings (SSSR count). The van der Waals surface area contributed by atoms with Gasteiger partial charge in [0, 0.05) is 23.5 Å². The molecule has 1 atom stereocenters. The van der Waals surface area contributed by atoms with Crippen LogP contribution in [-0.2, 0) is 24.1 Å². The Hall–Kier alpha value is -4.04. The van der Waals surface area contributed by atoms with E-state index in [1.807, 2.05) is 4.57 Å². The molecule has 4 aromatic rings. The van der Waals surface area contributed by atoms with Crippen molar-refractivity contribution in [2.45, 2.75) is 45.3 Å². The van der Waals surface area contributed by atoms with Gasteiger partial charge in [-0.1, -0.05) is 19.4 Å². The molecule has 0 aliphatic heterocycles. The minimum Gasteiger partial charge on any atom is -0.508 e. The fourth-order valence-electron chi connectivity index (χ4n) is 4.39. The highest BCUT2D eigenvalue weighted by atomic mass is 19.1. The Bertz CT molecular complexity index is 1390. The molecule has 194 valence electrons. The van der Waals surface area contributed by atoms with E-state index in [4.69, 9.17) is 4.74 Å². The number of carbonyl (C=O) groups excluding carboxylic acids is 1. The summed E-state index contributed by atoms with van der Waals surface area (Å²) < 4.78 is 20.3. The second-order valence-electron chi connectivity index (χ2n) is 9.17. The third-order valence-electron chi connectivity index (χ3n) is 6.28. The summed E-state index contributed by atoms with van der Waals surface area (Å²) in [7, 11) is 0. The van der Waals surface area contributed by atoms with E-state index in [2.05, 4.69) is 6.92 Å². The van der Waals surface area contributed by atoms with Crippen LogP contribution in [0.4, 0.5) is 4.39 Å². The maximum atomic E-state index is 13.4. The normalized spacial score (nSPS) is 12.1. The zero-order valence-corrected chi connectivity index (χ0v) is 20.5. The van der Waals surface area contributed by atoms with E-state index >= 15 is 0 Å². The van der Waals surface area contributed by atoms with Gasteiger partial charge >= 0.3 is 5.97 Å². The highest BCUT2D eigenvalue weighted by Crippen LogP contribution is 2.33. The third kappa shape index (κ3) is 6.21. The van der Waals surface area contributed by atoms with Crippen LogP contribution in [-0.4, -0.2) is 43.7 Å². The number of carbonyl (C=O) groups is 1. The van der Waals surface area contributed by atoms with Gasteiger partial charge in [0.05, 0.1) is 23.8 Å². The number of aryl methyl sites for hydroxylation is 1. The van der Waals surface area contributed by atoms with Gasteiger partial charge in [0.15, 0.2) is 0 Å². The second-order valence-corrected chi connectivity index (χ2v) is 9.17. The van der Waals surface area contributed by atoms with Crippen molar-refractivity contribution in [2.75, 3.05) is 6.61 Å². The molecule has 37 heavy (non-hydrogen) atoms. The zero-order valence-electron chi connectivity index (χ0n) is 20.5. The molecule has 0 fully saturated rings. The Labute approximate surface area is 214 Å². The van der Waals surface area contributed by atoms with Gasteiger partial charge in [0.1, 0.15) is 29.7 Å². The molecule has 0 saturated carbocycles. The lowest BCUT2D eigenvalue weighted by Gasteiger charge is -2.12. The first-order valence-electron chi connectivity index (χ1n) is 12.2. The number of unbranched alkanes of at least 4 members (excludes halogenated alkanes) is 1. The molecule has 0 aliphatic carbocycles. The van der Waals surface area contributed by atoms with Gasteiger partial charge < -0.3 is 29.7 Å². The SMILES string of the molecule is CCCCc1cc(O)c(Cn2cc(CC(O)COC(=O)c3cccc(F)c3)c3cc(O)ccc32)c(O)c1. The van der Waals surface area contributed by atoms with Gasteiger partial charge in [0.2, 0.25) is 0 Å². The number of benzene rings is 3. The van der Waals surface area contributed by atoms with Gasteiger partial charge in [0.25, 0.3) is 0 Å². The van der Waals surface area contributed by atoms with Crippen molar-refractivity contribution in [2.24, 2.45) is 0 Å². The number of nitrogens with zero attached hydrogens (tertiary/aromatic N) is 1. The Morgan fingerprint density at radius 2 is 1.81 bits per heavy atom. The molecule has 8 heteroatoms. The Morgan fingerprint density at radius 3 is 2.51 bits per heavy atom. The average Bonchev–Trinajstić information content (AvgIpc) is 3.19. The number of hydrogen-bond acceptors (Lipinski definition) is 6. The summed E-state index contributed by atoms with van der Waals surface area (Å²) in [5.74, 6) is -1.26. The van der Waals surface area contributed by atoms with E-state index in [0.717, 1.165) is 36.4 Å². The average molecular weight is 508 g/mol. The summed E-state index contributed by atoms with van der Waals surface area (Å²) in [6, 6.07) is 13.3. The summed E-state index contributed by atoms with van der Waals surface area (Å²) in [4.78, 5) is 12.2. The van der Waals surface area contributed by atoms with E-state index in [1.165, 1.54) is 24.3 Å². The molecular formula is C29H30FNO6. The maximum Gasteiger partial charge on any atom is 0.338 e. The predicted molar refractivity (Wildman–Crippen MR) is 137 cm³/mol. The first kappa shape index (κ1) is 26.0. The maximum absolute atomic E-state index is 13.4. The summed E-state index contributed by atoms with van der Waals surface area (Å²) in [6.07, 6.45) is 3.54. The fourth-order valence-corrected chi connectivity index (χ4v) is 4.39.